The molecule has 0 radical (unpaired) electrons. The van der Waals surface area contributed by atoms with Gasteiger partial charge in [-0.3, -0.25) is 4.79 Å². The Morgan fingerprint density at radius 1 is 1.64 bits per heavy atom. The largest absolute Gasteiger partial charge is 0.368 e. The fraction of sp³-hybridized carbons (Fsp3) is 0.875. The highest BCUT2D eigenvalue weighted by molar-refractivity contribution is 5.83. The number of amides is 1. The number of ether oxygens (including phenoxy) is 1. The number of rotatable bonds is 0. The second-order valence-corrected chi connectivity index (χ2v) is 3.55. The summed E-state index contributed by atoms with van der Waals surface area (Å²) in [4.78, 5) is 13.2. The van der Waals surface area contributed by atoms with Crippen molar-refractivity contribution in [1.82, 2.24) is 4.90 Å². The Morgan fingerprint density at radius 3 is 2.91 bits per heavy atom. The van der Waals surface area contributed by atoms with Crippen LogP contribution >= 0.6 is 0 Å². The summed E-state index contributed by atoms with van der Waals surface area (Å²) in [7, 11) is 1.85. The Labute approximate surface area is 66.3 Å². The van der Waals surface area contributed by atoms with E-state index < -0.39 is 0 Å². The van der Waals surface area contributed by atoms with Crippen molar-refractivity contribution in [2.24, 2.45) is 5.92 Å². The van der Waals surface area contributed by atoms with Gasteiger partial charge in [0.25, 0.3) is 5.91 Å². The van der Waals surface area contributed by atoms with Crippen LogP contribution < -0.4 is 0 Å². The van der Waals surface area contributed by atoms with E-state index >= 15 is 0 Å². The molecule has 0 bridgehead atoms. The predicted octanol–water partition coefficient (Wildman–Crippen LogP) is 0.252. The summed E-state index contributed by atoms with van der Waals surface area (Å²) in [5.74, 6) is 0.675. The van der Waals surface area contributed by atoms with E-state index in [1.165, 1.54) is 0 Å². The van der Waals surface area contributed by atoms with Gasteiger partial charge in [0.15, 0.2) is 0 Å². The molecule has 2 aliphatic rings. The van der Waals surface area contributed by atoms with Gasteiger partial charge < -0.3 is 9.64 Å². The van der Waals surface area contributed by atoms with Gasteiger partial charge in [0, 0.05) is 19.0 Å². The summed E-state index contributed by atoms with van der Waals surface area (Å²) in [5, 5.41) is 0. The molecule has 0 spiro atoms. The second kappa shape index (κ2) is 2.21. The molecule has 0 aromatic rings. The number of likely N-dealkylation sites (tertiary alicyclic amines) is 1. The summed E-state index contributed by atoms with van der Waals surface area (Å²) in [6, 6.07) is 0.396. The minimum Gasteiger partial charge on any atom is -0.368 e. The van der Waals surface area contributed by atoms with E-state index in [1.807, 2.05) is 7.05 Å². The summed E-state index contributed by atoms with van der Waals surface area (Å²) >= 11 is 0. The van der Waals surface area contributed by atoms with Crippen molar-refractivity contribution in [2.75, 3.05) is 13.7 Å². The minimum atomic E-state index is -0.101. The average molecular weight is 155 g/mol. The first-order chi connectivity index (χ1) is 5.20. The molecule has 3 atom stereocenters. The van der Waals surface area contributed by atoms with Crippen LogP contribution in [0.4, 0.5) is 0 Å². The van der Waals surface area contributed by atoms with Crippen molar-refractivity contribution in [3.05, 3.63) is 0 Å². The monoisotopic (exact) mass is 155 g/mol. The van der Waals surface area contributed by atoms with Gasteiger partial charge in [-0.15, -0.1) is 0 Å². The summed E-state index contributed by atoms with van der Waals surface area (Å²) in [6.45, 7) is 2.88. The lowest BCUT2D eigenvalue weighted by Crippen LogP contribution is -2.59. The molecule has 2 saturated heterocycles. The number of carbonyl (C=O) groups is 1. The Hall–Kier alpha value is -0.570. The topological polar surface area (TPSA) is 29.5 Å². The van der Waals surface area contributed by atoms with Gasteiger partial charge in [-0.05, 0) is 13.3 Å². The Bertz CT molecular complexity index is 185. The van der Waals surface area contributed by atoms with Gasteiger partial charge >= 0.3 is 0 Å². The molecular weight excluding hydrogens is 142 g/mol. The maximum absolute atomic E-state index is 11.4. The van der Waals surface area contributed by atoms with Gasteiger partial charge in [-0.25, -0.2) is 0 Å². The third-order valence-electron chi connectivity index (χ3n) is 2.81. The van der Waals surface area contributed by atoms with Crippen molar-refractivity contribution in [3.63, 3.8) is 0 Å². The van der Waals surface area contributed by atoms with E-state index in [0.717, 1.165) is 13.0 Å². The fourth-order valence-corrected chi connectivity index (χ4v) is 1.81. The third kappa shape index (κ3) is 0.872. The number of likely N-dealkylation sites (N-methyl/N-ethyl adjacent to an activating group) is 1. The predicted molar refractivity (Wildman–Crippen MR) is 40.1 cm³/mol. The number of hydrogen-bond donors (Lipinski definition) is 0. The fourth-order valence-electron chi connectivity index (χ4n) is 1.81. The Balaban J connectivity index is 2.12. The molecule has 2 fully saturated rings. The van der Waals surface area contributed by atoms with E-state index in [1.54, 1.807) is 4.90 Å². The molecule has 62 valence electrons. The lowest BCUT2D eigenvalue weighted by Gasteiger charge is -2.46. The van der Waals surface area contributed by atoms with Gasteiger partial charge in [-0.2, -0.15) is 0 Å². The Kier molecular flexibility index (Phi) is 1.42. The zero-order valence-corrected chi connectivity index (χ0v) is 6.91. The maximum atomic E-state index is 11.4. The van der Waals surface area contributed by atoms with Crippen LogP contribution in [-0.2, 0) is 9.53 Å². The average Bonchev–Trinajstić information content (AvgIpc) is 1.93. The molecule has 0 N–H and O–H groups in total. The molecule has 0 saturated carbocycles. The van der Waals surface area contributed by atoms with Crippen molar-refractivity contribution < 1.29 is 9.53 Å². The number of carbonyl (C=O) groups excluding carboxylic acids is 1. The van der Waals surface area contributed by atoms with E-state index in [4.69, 9.17) is 4.74 Å². The maximum Gasteiger partial charge on any atom is 0.252 e. The van der Waals surface area contributed by atoms with Crippen LogP contribution in [0.15, 0.2) is 0 Å². The van der Waals surface area contributed by atoms with Crippen molar-refractivity contribution in [1.29, 1.82) is 0 Å². The van der Waals surface area contributed by atoms with Crippen molar-refractivity contribution >= 4 is 5.91 Å². The number of hydrogen-bond acceptors (Lipinski definition) is 2. The molecule has 2 aliphatic heterocycles. The SMILES string of the molecule is CC1CC2COC2C(=O)N1C. The molecule has 11 heavy (non-hydrogen) atoms. The molecular formula is C8H13NO2. The van der Waals surface area contributed by atoms with E-state index in [9.17, 15) is 4.79 Å². The molecule has 3 nitrogen and oxygen atoms in total. The molecule has 1 amide bonds. The zero-order valence-electron chi connectivity index (χ0n) is 6.91. The minimum absolute atomic E-state index is 0.101. The number of fused-ring (bicyclic) bond motifs is 1. The van der Waals surface area contributed by atoms with E-state index in [-0.39, 0.29) is 12.0 Å². The molecule has 0 aromatic heterocycles. The van der Waals surface area contributed by atoms with Crippen LogP contribution in [0.2, 0.25) is 0 Å². The number of piperidine rings is 1. The van der Waals surface area contributed by atoms with Crippen molar-refractivity contribution in [2.45, 2.75) is 25.5 Å². The van der Waals surface area contributed by atoms with Crippen LogP contribution in [0.1, 0.15) is 13.3 Å². The highest BCUT2D eigenvalue weighted by Gasteiger charge is 2.45. The molecule has 2 heterocycles. The standard InChI is InChI=1S/C8H13NO2/c1-5-3-6-4-11-7(6)8(10)9(5)2/h5-7H,3-4H2,1-2H3. The lowest BCUT2D eigenvalue weighted by atomic mass is 9.86. The molecule has 3 heteroatoms. The van der Waals surface area contributed by atoms with E-state index in [2.05, 4.69) is 6.92 Å². The van der Waals surface area contributed by atoms with Gasteiger partial charge in [0.2, 0.25) is 0 Å². The normalized spacial score (nSPS) is 43.3. The Morgan fingerprint density at radius 2 is 2.36 bits per heavy atom. The lowest BCUT2D eigenvalue weighted by molar-refractivity contribution is -0.185. The number of nitrogens with zero attached hydrogens (tertiary/aromatic N) is 1. The highest BCUT2D eigenvalue weighted by atomic mass is 16.5. The first kappa shape index (κ1) is 7.10. The summed E-state index contributed by atoms with van der Waals surface area (Å²) < 4.78 is 5.17. The van der Waals surface area contributed by atoms with Gasteiger partial charge in [0.1, 0.15) is 6.10 Å². The van der Waals surface area contributed by atoms with Crippen LogP contribution in [0, 0.1) is 5.92 Å². The first-order valence-electron chi connectivity index (χ1n) is 4.08. The van der Waals surface area contributed by atoms with E-state index in [0.29, 0.717) is 12.0 Å². The quantitative estimate of drug-likeness (QED) is 0.502. The van der Waals surface area contributed by atoms with Crippen LogP contribution in [0.25, 0.3) is 0 Å². The van der Waals surface area contributed by atoms with Crippen LogP contribution in [-0.4, -0.2) is 36.6 Å². The van der Waals surface area contributed by atoms with Crippen LogP contribution in [0.5, 0.6) is 0 Å². The summed E-state index contributed by atoms with van der Waals surface area (Å²) in [6.07, 6.45) is 1.00. The van der Waals surface area contributed by atoms with Crippen LogP contribution in [0.3, 0.4) is 0 Å². The molecule has 3 unspecified atom stereocenters. The molecule has 0 aliphatic carbocycles. The summed E-state index contributed by atoms with van der Waals surface area (Å²) in [5.41, 5.74) is 0. The molecule has 0 aromatic carbocycles. The third-order valence-corrected chi connectivity index (χ3v) is 2.81. The smallest absolute Gasteiger partial charge is 0.252 e. The zero-order chi connectivity index (χ0) is 8.01. The molecule has 2 rings (SSSR count). The van der Waals surface area contributed by atoms with Gasteiger partial charge in [0.05, 0.1) is 6.61 Å². The first-order valence-corrected chi connectivity index (χ1v) is 4.08. The second-order valence-electron chi connectivity index (χ2n) is 3.55. The van der Waals surface area contributed by atoms with Crippen molar-refractivity contribution in [3.8, 4) is 0 Å². The van der Waals surface area contributed by atoms with Gasteiger partial charge in [-0.1, -0.05) is 0 Å². The highest BCUT2D eigenvalue weighted by Crippen LogP contribution is 2.32.